The molecule has 1 aromatic heterocycles. The Bertz CT molecular complexity index is 575. The highest BCUT2D eigenvalue weighted by Gasteiger charge is 2.05. The molecule has 1 aromatic carbocycles. The van der Waals surface area contributed by atoms with Gasteiger partial charge < -0.3 is 10.1 Å². The highest BCUT2D eigenvalue weighted by atomic mass is 79.9. The van der Waals surface area contributed by atoms with Gasteiger partial charge in [-0.3, -0.25) is 4.98 Å². The first kappa shape index (κ1) is 15.2. The van der Waals surface area contributed by atoms with Crippen LogP contribution in [-0.2, 0) is 6.54 Å². The van der Waals surface area contributed by atoms with E-state index in [9.17, 15) is 0 Å². The van der Waals surface area contributed by atoms with Crippen molar-refractivity contribution in [1.82, 2.24) is 15.3 Å². The molecule has 0 saturated carbocycles. The molecule has 0 saturated heterocycles. The standard InChI is InChI=1S/C14H15BrClN3O/c1-9(2)17-6-11-7-19-14(8-18-11)20-13-4-3-10(15)5-12(13)16/h3-5,7-9,17H,6H2,1-2H3. The zero-order chi connectivity index (χ0) is 14.5. The highest BCUT2D eigenvalue weighted by molar-refractivity contribution is 9.10. The van der Waals surface area contributed by atoms with Crippen LogP contribution >= 0.6 is 27.5 Å². The molecule has 0 atom stereocenters. The summed E-state index contributed by atoms with van der Waals surface area (Å²) in [7, 11) is 0. The van der Waals surface area contributed by atoms with E-state index in [1.165, 1.54) is 0 Å². The van der Waals surface area contributed by atoms with Crippen LogP contribution in [0.4, 0.5) is 0 Å². The third-order valence-electron chi connectivity index (χ3n) is 2.48. The summed E-state index contributed by atoms with van der Waals surface area (Å²) in [4.78, 5) is 8.51. The van der Waals surface area contributed by atoms with Gasteiger partial charge in [-0.15, -0.1) is 0 Å². The number of aromatic nitrogens is 2. The summed E-state index contributed by atoms with van der Waals surface area (Å²) < 4.78 is 6.50. The molecule has 0 aliphatic heterocycles. The Labute approximate surface area is 131 Å². The highest BCUT2D eigenvalue weighted by Crippen LogP contribution is 2.30. The van der Waals surface area contributed by atoms with Crippen molar-refractivity contribution >= 4 is 27.5 Å². The van der Waals surface area contributed by atoms with E-state index in [1.807, 2.05) is 6.07 Å². The maximum Gasteiger partial charge on any atom is 0.237 e. The van der Waals surface area contributed by atoms with E-state index < -0.39 is 0 Å². The van der Waals surface area contributed by atoms with Crippen molar-refractivity contribution in [1.29, 1.82) is 0 Å². The minimum Gasteiger partial charge on any atom is -0.436 e. The maximum atomic E-state index is 6.08. The third kappa shape index (κ3) is 4.44. The van der Waals surface area contributed by atoms with Gasteiger partial charge in [0.2, 0.25) is 5.88 Å². The van der Waals surface area contributed by atoms with Crippen LogP contribution in [0, 0.1) is 0 Å². The molecule has 0 radical (unpaired) electrons. The van der Waals surface area contributed by atoms with Crippen molar-refractivity contribution in [2.24, 2.45) is 0 Å². The molecule has 2 rings (SSSR count). The second-order valence-electron chi connectivity index (χ2n) is 4.56. The first-order valence-corrected chi connectivity index (χ1v) is 7.39. The number of halogens is 2. The van der Waals surface area contributed by atoms with Crippen molar-refractivity contribution in [2.75, 3.05) is 0 Å². The van der Waals surface area contributed by atoms with E-state index in [-0.39, 0.29) is 0 Å². The number of hydrogen-bond donors (Lipinski definition) is 1. The van der Waals surface area contributed by atoms with Crippen LogP contribution in [0.3, 0.4) is 0 Å². The zero-order valence-corrected chi connectivity index (χ0v) is 13.6. The molecule has 1 heterocycles. The Morgan fingerprint density at radius 1 is 1.30 bits per heavy atom. The van der Waals surface area contributed by atoms with E-state index in [1.54, 1.807) is 24.5 Å². The molecule has 0 unspecified atom stereocenters. The van der Waals surface area contributed by atoms with E-state index in [0.29, 0.717) is 29.2 Å². The largest absolute Gasteiger partial charge is 0.436 e. The lowest BCUT2D eigenvalue weighted by atomic mass is 10.3. The molecule has 0 fully saturated rings. The minimum absolute atomic E-state index is 0.411. The van der Waals surface area contributed by atoms with Crippen LogP contribution in [0.25, 0.3) is 0 Å². The van der Waals surface area contributed by atoms with Crippen molar-refractivity contribution in [2.45, 2.75) is 26.4 Å². The predicted octanol–water partition coefficient (Wildman–Crippen LogP) is 4.18. The van der Waals surface area contributed by atoms with Gasteiger partial charge in [0.05, 0.1) is 23.1 Å². The van der Waals surface area contributed by atoms with Crippen LogP contribution in [0.2, 0.25) is 5.02 Å². The maximum absolute atomic E-state index is 6.08. The van der Waals surface area contributed by atoms with E-state index >= 15 is 0 Å². The second-order valence-corrected chi connectivity index (χ2v) is 5.88. The van der Waals surface area contributed by atoms with Crippen molar-refractivity contribution in [3.8, 4) is 11.6 Å². The van der Waals surface area contributed by atoms with Crippen molar-refractivity contribution in [3.63, 3.8) is 0 Å². The molecule has 6 heteroatoms. The summed E-state index contributed by atoms with van der Waals surface area (Å²) in [5.41, 5.74) is 0.868. The quantitative estimate of drug-likeness (QED) is 0.873. The van der Waals surface area contributed by atoms with Crippen LogP contribution in [0.15, 0.2) is 35.1 Å². The zero-order valence-electron chi connectivity index (χ0n) is 11.2. The van der Waals surface area contributed by atoms with Gasteiger partial charge in [0.1, 0.15) is 5.75 Å². The molecule has 20 heavy (non-hydrogen) atoms. The summed E-state index contributed by atoms with van der Waals surface area (Å²) in [6.07, 6.45) is 3.28. The smallest absolute Gasteiger partial charge is 0.237 e. The SMILES string of the molecule is CC(C)NCc1cnc(Oc2ccc(Br)cc2Cl)cn1. The minimum atomic E-state index is 0.411. The normalized spacial score (nSPS) is 10.8. The lowest BCUT2D eigenvalue weighted by Crippen LogP contribution is -2.22. The van der Waals surface area contributed by atoms with E-state index in [0.717, 1.165) is 10.2 Å². The summed E-state index contributed by atoms with van der Waals surface area (Å²) in [5.74, 6) is 0.972. The number of nitrogens with zero attached hydrogens (tertiary/aromatic N) is 2. The molecular weight excluding hydrogens is 342 g/mol. The fraction of sp³-hybridized carbons (Fsp3) is 0.286. The van der Waals surface area contributed by atoms with E-state index in [2.05, 4.69) is 45.1 Å². The van der Waals surface area contributed by atoms with Crippen LogP contribution < -0.4 is 10.1 Å². The molecule has 106 valence electrons. The Kier molecular flexibility index (Phi) is 5.34. The van der Waals surface area contributed by atoms with Crippen LogP contribution in [-0.4, -0.2) is 16.0 Å². The molecule has 1 N–H and O–H groups in total. The fourth-order valence-electron chi connectivity index (χ4n) is 1.47. The second kappa shape index (κ2) is 7.02. The summed E-state index contributed by atoms with van der Waals surface area (Å²) in [6, 6.07) is 5.82. The molecule has 0 aliphatic carbocycles. The van der Waals surface area contributed by atoms with Gasteiger partial charge in [0, 0.05) is 17.1 Å². The average molecular weight is 357 g/mol. The topological polar surface area (TPSA) is 47.0 Å². The molecule has 0 bridgehead atoms. The molecular formula is C14H15BrClN3O. The molecule has 4 nitrogen and oxygen atoms in total. The Balaban J connectivity index is 2.03. The molecule has 2 aromatic rings. The van der Waals surface area contributed by atoms with Gasteiger partial charge in [-0.2, -0.15) is 0 Å². The number of rotatable bonds is 5. The number of benzene rings is 1. The Morgan fingerprint density at radius 3 is 2.70 bits per heavy atom. The molecule has 0 aliphatic rings. The Hall–Kier alpha value is -1.17. The third-order valence-corrected chi connectivity index (χ3v) is 3.27. The summed E-state index contributed by atoms with van der Waals surface area (Å²) in [6.45, 7) is 4.85. The van der Waals surface area contributed by atoms with Gasteiger partial charge in [0.15, 0.2) is 0 Å². The summed E-state index contributed by atoms with van der Waals surface area (Å²) >= 11 is 9.43. The van der Waals surface area contributed by atoms with E-state index in [4.69, 9.17) is 16.3 Å². The Morgan fingerprint density at radius 2 is 2.10 bits per heavy atom. The van der Waals surface area contributed by atoms with Gasteiger partial charge in [-0.25, -0.2) is 4.98 Å². The number of ether oxygens (including phenoxy) is 1. The predicted molar refractivity (Wildman–Crippen MR) is 83.2 cm³/mol. The van der Waals surface area contributed by atoms with Gasteiger partial charge in [0.25, 0.3) is 0 Å². The van der Waals surface area contributed by atoms with Crippen molar-refractivity contribution in [3.05, 3.63) is 45.8 Å². The molecule has 0 spiro atoms. The van der Waals surface area contributed by atoms with Crippen LogP contribution in [0.5, 0.6) is 11.6 Å². The number of hydrogen-bond acceptors (Lipinski definition) is 4. The van der Waals surface area contributed by atoms with Gasteiger partial charge in [-0.1, -0.05) is 41.4 Å². The molecule has 0 amide bonds. The van der Waals surface area contributed by atoms with Gasteiger partial charge in [-0.05, 0) is 18.2 Å². The van der Waals surface area contributed by atoms with Crippen molar-refractivity contribution < 1.29 is 4.74 Å². The first-order valence-electron chi connectivity index (χ1n) is 6.22. The van der Waals surface area contributed by atoms with Crippen LogP contribution in [0.1, 0.15) is 19.5 Å². The lowest BCUT2D eigenvalue weighted by Gasteiger charge is -2.09. The lowest BCUT2D eigenvalue weighted by molar-refractivity contribution is 0.458. The monoisotopic (exact) mass is 355 g/mol. The number of nitrogens with one attached hydrogen (secondary N) is 1. The summed E-state index contributed by atoms with van der Waals surface area (Å²) in [5, 5.41) is 3.80. The fourth-order valence-corrected chi connectivity index (χ4v) is 2.18. The van der Waals surface area contributed by atoms with Gasteiger partial charge >= 0.3 is 0 Å². The average Bonchev–Trinajstić information content (AvgIpc) is 2.41. The first-order chi connectivity index (χ1) is 9.54.